The van der Waals surface area contributed by atoms with Crippen LogP contribution in [0.25, 0.3) is 10.9 Å². The lowest BCUT2D eigenvalue weighted by Gasteiger charge is -2.33. The third-order valence-electron chi connectivity index (χ3n) is 7.83. The molecule has 2 saturated heterocycles. The normalized spacial score (nSPS) is 21.9. The fourth-order valence-electron chi connectivity index (χ4n) is 5.90. The number of hydrogen-bond acceptors (Lipinski definition) is 6. The Balaban J connectivity index is 1.08. The van der Waals surface area contributed by atoms with E-state index in [2.05, 4.69) is 32.4 Å². The number of amides is 1. The van der Waals surface area contributed by atoms with Crippen molar-refractivity contribution in [3.05, 3.63) is 48.4 Å². The van der Waals surface area contributed by atoms with Gasteiger partial charge in [0.05, 0.1) is 22.3 Å². The van der Waals surface area contributed by atoms with E-state index in [-0.39, 0.29) is 23.5 Å². The lowest BCUT2D eigenvalue weighted by atomic mass is 9.89. The molecule has 36 heavy (non-hydrogen) atoms. The third-order valence-corrected chi connectivity index (χ3v) is 9.78. The van der Waals surface area contributed by atoms with Crippen molar-refractivity contribution in [1.82, 2.24) is 19.2 Å². The van der Waals surface area contributed by atoms with E-state index in [4.69, 9.17) is 4.74 Å². The van der Waals surface area contributed by atoms with Gasteiger partial charge in [0, 0.05) is 30.4 Å². The van der Waals surface area contributed by atoms with Crippen LogP contribution in [-0.2, 0) is 14.8 Å². The summed E-state index contributed by atoms with van der Waals surface area (Å²) in [4.78, 5) is 21.9. The van der Waals surface area contributed by atoms with E-state index in [0.717, 1.165) is 57.3 Å². The number of likely N-dealkylation sites (tertiary alicyclic amines) is 1. The molecule has 5 heterocycles. The molecule has 3 aromatic rings. The number of nitrogens with one attached hydrogen (secondary N) is 2. The highest BCUT2D eigenvalue weighted by Crippen LogP contribution is 2.35. The molecule has 6 rings (SSSR count). The highest BCUT2D eigenvalue weighted by Gasteiger charge is 2.36. The van der Waals surface area contributed by atoms with Crippen LogP contribution in [-0.4, -0.2) is 72.3 Å². The van der Waals surface area contributed by atoms with E-state index in [1.54, 1.807) is 16.4 Å². The summed E-state index contributed by atoms with van der Waals surface area (Å²) in [5.41, 5.74) is 2.88. The van der Waals surface area contributed by atoms with Crippen molar-refractivity contribution in [3.63, 3.8) is 0 Å². The first-order chi connectivity index (χ1) is 17.5. The summed E-state index contributed by atoms with van der Waals surface area (Å²) in [6.07, 6.45) is 10.6. The van der Waals surface area contributed by atoms with Crippen LogP contribution in [0.2, 0.25) is 0 Å². The molecule has 1 atom stereocenters. The van der Waals surface area contributed by atoms with Crippen LogP contribution in [0.5, 0.6) is 5.75 Å². The minimum Gasteiger partial charge on any atom is -0.482 e. The Morgan fingerprint density at radius 1 is 1.11 bits per heavy atom. The summed E-state index contributed by atoms with van der Waals surface area (Å²) >= 11 is 0. The van der Waals surface area contributed by atoms with Gasteiger partial charge in [-0.25, -0.2) is 8.42 Å². The maximum absolute atomic E-state index is 13.5. The number of ether oxygens (including phenoxy) is 1. The molecule has 9 nitrogen and oxygen atoms in total. The van der Waals surface area contributed by atoms with E-state index in [9.17, 15) is 13.2 Å². The van der Waals surface area contributed by atoms with Crippen molar-refractivity contribution in [2.45, 2.75) is 49.0 Å². The number of anilines is 1. The van der Waals surface area contributed by atoms with E-state index in [1.807, 2.05) is 12.4 Å². The number of hydrogen-bond donors (Lipinski definition) is 2. The average Bonchev–Trinajstić information content (AvgIpc) is 3.55. The predicted octanol–water partition coefficient (Wildman–Crippen LogP) is 3.32. The highest BCUT2D eigenvalue weighted by atomic mass is 32.2. The molecular weight excluding hydrogens is 478 g/mol. The molecule has 0 aliphatic carbocycles. The average molecular weight is 510 g/mol. The van der Waals surface area contributed by atoms with Gasteiger partial charge in [0.15, 0.2) is 6.61 Å². The molecule has 1 amide bonds. The van der Waals surface area contributed by atoms with Crippen molar-refractivity contribution in [2.24, 2.45) is 0 Å². The topological polar surface area (TPSA) is 108 Å². The number of carbonyl (C=O) groups excluding carboxylic acids is 1. The van der Waals surface area contributed by atoms with Gasteiger partial charge >= 0.3 is 0 Å². The molecule has 10 heteroatoms. The number of aromatic amines is 1. The first kappa shape index (κ1) is 23.4. The molecule has 1 aromatic carbocycles. The summed E-state index contributed by atoms with van der Waals surface area (Å²) in [6.45, 7) is 3.42. The Labute approximate surface area is 210 Å². The number of aromatic nitrogens is 2. The summed E-state index contributed by atoms with van der Waals surface area (Å²) in [6, 6.07) is 6.80. The maximum Gasteiger partial charge on any atom is 0.262 e. The number of benzene rings is 1. The summed E-state index contributed by atoms with van der Waals surface area (Å²) < 4.78 is 34.0. The summed E-state index contributed by atoms with van der Waals surface area (Å²) in [5.74, 6) is 0.759. The molecule has 0 radical (unpaired) electrons. The fraction of sp³-hybridized carbons (Fsp3) is 0.462. The number of nitrogens with zero attached hydrogens (tertiary/aromatic N) is 3. The van der Waals surface area contributed by atoms with E-state index >= 15 is 0 Å². The number of H-pyrrole nitrogens is 1. The van der Waals surface area contributed by atoms with Gasteiger partial charge in [-0.2, -0.15) is 4.31 Å². The Morgan fingerprint density at radius 3 is 2.83 bits per heavy atom. The Morgan fingerprint density at radius 2 is 1.97 bits per heavy atom. The molecule has 0 unspecified atom stereocenters. The van der Waals surface area contributed by atoms with Gasteiger partial charge in [0.2, 0.25) is 10.0 Å². The van der Waals surface area contributed by atoms with Crippen molar-refractivity contribution in [2.75, 3.05) is 38.1 Å². The number of pyridine rings is 1. The monoisotopic (exact) mass is 509 g/mol. The molecule has 3 aliphatic heterocycles. The van der Waals surface area contributed by atoms with Crippen LogP contribution in [0.3, 0.4) is 0 Å². The van der Waals surface area contributed by atoms with Crippen LogP contribution in [0, 0.1) is 0 Å². The molecule has 190 valence electrons. The Kier molecular flexibility index (Phi) is 6.18. The zero-order valence-electron chi connectivity index (χ0n) is 20.2. The third kappa shape index (κ3) is 4.38. The minimum atomic E-state index is -3.65. The van der Waals surface area contributed by atoms with Gasteiger partial charge in [0.25, 0.3) is 5.91 Å². The molecule has 0 spiro atoms. The first-order valence-corrected chi connectivity index (χ1v) is 14.1. The van der Waals surface area contributed by atoms with Gasteiger partial charge in [-0.3, -0.25) is 9.78 Å². The van der Waals surface area contributed by atoms with Crippen LogP contribution >= 0.6 is 0 Å². The van der Waals surface area contributed by atoms with Gasteiger partial charge < -0.3 is 19.9 Å². The standard InChI is InChI=1S/C26H31N5O4S/c32-26-17-35-25-4-3-20(14-23(25)29-26)36(33,34)31-10-1-2-19(31)8-13-30-11-6-18(7-12-30)22-15-28-24-16-27-9-5-21(22)24/h3-5,9,14-16,18-19,28H,1-2,6-8,10-13,17H2,(H,29,32)/t19-/m1/s1. The lowest BCUT2D eigenvalue weighted by molar-refractivity contribution is -0.118. The SMILES string of the molecule is O=C1COc2ccc(S(=O)(=O)N3CCC[C@@H]3CCN3CCC(c4c[nH]c5cnccc45)CC3)cc2N1. The molecule has 0 saturated carbocycles. The van der Waals surface area contributed by atoms with Crippen molar-refractivity contribution in [1.29, 1.82) is 0 Å². The minimum absolute atomic E-state index is 0.00397. The van der Waals surface area contributed by atoms with Gasteiger partial charge in [-0.05, 0) is 87.5 Å². The number of piperidine rings is 1. The first-order valence-electron chi connectivity index (χ1n) is 12.7. The largest absolute Gasteiger partial charge is 0.482 e. The summed E-state index contributed by atoms with van der Waals surface area (Å²) in [7, 11) is -3.65. The smallest absolute Gasteiger partial charge is 0.262 e. The zero-order valence-corrected chi connectivity index (χ0v) is 21.0. The molecule has 0 bridgehead atoms. The van der Waals surface area contributed by atoms with Crippen LogP contribution in [0.1, 0.15) is 43.6 Å². The van der Waals surface area contributed by atoms with Gasteiger partial charge in [-0.15, -0.1) is 0 Å². The molecular formula is C26H31N5O4S. The van der Waals surface area contributed by atoms with E-state index in [1.165, 1.54) is 17.0 Å². The second kappa shape index (κ2) is 9.49. The molecule has 2 N–H and O–H groups in total. The second-order valence-corrected chi connectivity index (χ2v) is 11.9. The number of fused-ring (bicyclic) bond motifs is 2. The highest BCUT2D eigenvalue weighted by molar-refractivity contribution is 7.89. The lowest BCUT2D eigenvalue weighted by Crippen LogP contribution is -2.40. The van der Waals surface area contributed by atoms with E-state index < -0.39 is 10.0 Å². The van der Waals surface area contributed by atoms with Crippen LogP contribution in [0.4, 0.5) is 5.69 Å². The predicted molar refractivity (Wildman–Crippen MR) is 137 cm³/mol. The zero-order chi connectivity index (χ0) is 24.7. The fourth-order valence-corrected chi connectivity index (χ4v) is 7.65. The van der Waals surface area contributed by atoms with Gasteiger partial charge in [-0.1, -0.05) is 0 Å². The summed E-state index contributed by atoms with van der Waals surface area (Å²) in [5, 5.41) is 3.97. The Bertz CT molecular complexity index is 1380. The van der Waals surface area contributed by atoms with Crippen molar-refractivity contribution >= 4 is 32.5 Å². The number of sulfonamides is 1. The van der Waals surface area contributed by atoms with Gasteiger partial charge in [0.1, 0.15) is 5.75 Å². The quantitative estimate of drug-likeness (QED) is 0.528. The Hall–Kier alpha value is -2.95. The number of carbonyl (C=O) groups is 1. The van der Waals surface area contributed by atoms with Crippen molar-refractivity contribution in [3.8, 4) is 5.75 Å². The van der Waals surface area contributed by atoms with Crippen LogP contribution < -0.4 is 10.1 Å². The van der Waals surface area contributed by atoms with E-state index in [0.29, 0.717) is 23.9 Å². The number of rotatable bonds is 6. The molecule has 2 aromatic heterocycles. The molecule has 2 fully saturated rings. The second-order valence-electron chi connectivity index (χ2n) is 9.98. The van der Waals surface area contributed by atoms with Crippen molar-refractivity contribution < 1.29 is 17.9 Å². The van der Waals surface area contributed by atoms with Crippen LogP contribution in [0.15, 0.2) is 47.8 Å². The maximum atomic E-state index is 13.5. The molecule has 3 aliphatic rings.